The van der Waals surface area contributed by atoms with E-state index >= 15 is 0 Å². The molecule has 0 aromatic carbocycles. The molecule has 128 valence electrons. The van der Waals surface area contributed by atoms with Gasteiger partial charge in [0.25, 0.3) is 0 Å². The van der Waals surface area contributed by atoms with Gasteiger partial charge in [-0.2, -0.15) is 48.3 Å². The molecule has 0 atom stereocenters. The van der Waals surface area contributed by atoms with E-state index in [2.05, 4.69) is 0 Å². The van der Waals surface area contributed by atoms with E-state index in [1.807, 2.05) is 0 Å². The van der Waals surface area contributed by atoms with E-state index in [1.165, 1.54) is 0 Å². The van der Waals surface area contributed by atoms with E-state index in [9.17, 15) is 48.3 Å². The van der Waals surface area contributed by atoms with Crippen molar-refractivity contribution in [2.45, 2.75) is 49.1 Å². The lowest BCUT2D eigenvalue weighted by molar-refractivity contribution is -0.422. The maximum atomic E-state index is 12.9. The zero-order chi connectivity index (χ0) is 17.3. The molecule has 0 radical (unpaired) electrons. The molecule has 0 fully saturated rings. The number of aliphatic hydroxyl groups excluding tert-OH is 1. The van der Waals surface area contributed by atoms with Crippen LogP contribution in [-0.4, -0.2) is 41.6 Å². The molecule has 21 heavy (non-hydrogen) atoms. The fourth-order valence-electron chi connectivity index (χ4n) is 1.22. The second-order valence-corrected chi connectivity index (χ2v) is 4.11. The Balaban J connectivity index is 5.55. The molecule has 0 heterocycles. The number of alkyl halides is 11. The molecule has 0 saturated carbocycles. The van der Waals surface area contributed by atoms with Crippen LogP contribution in [0.2, 0.25) is 0 Å². The van der Waals surface area contributed by atoms with Gasteiger partial charge in [-0.05, 0) is 12.8 Å². The molecule has 0 aromatic heterocycles. The van der Waals surface area contributed by atoms with Crippen LogP contribution in [0.4, 0.5) is 48.3 Å². The maximum absolute atomic E-state index is 12.9. The molecule has 0 rings (SSSR count). The smallest absolute Gasteiger partial charge is 0.396 e. The Morgan fingerprint density at radius 2 is 1.00 bits per heavy atom. The number of halogens is 11. The Morgan fingerprint density at radius 3 is 1.33 bits per heavy atom. The minimum Gasteiger partial charge on any atom is -0.396 e. The van der Waals surface area contributed by atoms with Gasteiger partial charge in [0.2, 0.25) is 0 Å². The van der Waals surface area contributed by atoms with Gasteiger partial charge in [0, 0.05) is 13.0 Å². The summed E-state index contributed by atoms with van der Waals surface area (Å²) in [6, 6.07) is 0. The summed E-state index contributed by atoms with van der Waals surface area (Å²) in [5.74, 6) is -27.4. The summed E-state index contributed by atoms with van der Waals surface area (Å²) in [7, 11) is 0. The predicted molar refractivity (Wildman–Crippen MR) is 46.8 cm³/mol. The van der Waals surface area contributed by atoms with Crippen molar-refractivity contribution in [1.29, 1.82) is 0 Å². The number of aliphatic hydroxyl groups is 1. The topological polar surface area (TPSA) is 20.2 Å². The third kappa shape index (κ3) is 3.34. The molecule has 0 aromatic rings. The first-order valence-electron chi connectivity index (χ1n) is 5.25. The maximum Gasteiger partial charge on any atom is 0.460 e. The summed E-state index contributed by atoms with van der Waals surface area (Å²) in [6.07, 6.45) is -10.8. The predicted octanol–water partition coefficient (Wildman–Crippen LogP) is 4.25. The molecule has 0 aliphatic rings. The minimum absolute atomic E-state index is 0.549. The van der Waals surface area contributed by atoms with E-state index in [4.69, 9.17) is 5.11 Å². The van der Waals surface area contributed by atoms with Crippen LogP contribution in [0, 0.1) is 0 Å². The SMILES string of the molecule is OCCCCC(F)(F)C(F)(F)C(F)(F)C(F)(F)C(F)(F)F. The fourth-order valence-corrected chi connectivity index (χ4v) is 1.22. The third-order valence-corrected chi connectivity index (χ3v) is 2.50. The fraction of sp³-hybridized carbons (Fsp3) is 1.00. The van der Waals surface area contributed by atoms with Gasteiger partial charge in [-0.25, -0.2) is 0 Å². The van der Waals surface area contributed by atoms with Crippen molar-refractivity contribution in [3.05, 3.63) is 0 Å². The molecule has 0 amide bonds. The first kappa shape index (κ1) is 20.2. The lowest BCUT2D eigenvalue weighted by atomic mass is 9.95. The molecular formula is C9H9F11O. The third-order valence-electron chi connectivity index (χ3n) is 2.50. The second-order valence-electron chi connectivity index (χ2n) is 4.11. The molecule has 0 bridgehead atoms. The highest BCUT2D eigenvalue weighted by Gasteiger charge is 2.86. The van der Waals surface area contributed by atoms with E-state index in [-0.39, 0.29) is 0 Å². The molecular weight excluding hydrogens is 333 g/mol. The zero-order valence-corrected chi connectivity index (χ0v) is 9.93. The molecule has 0 saturated heterocycles. The summed E-state index contributed by atoms with van der Waals surface area (Å²) < 4.78 is 137. The Morgan fingerprint density at radius 1 is 0.571 bits per heavy atom. The Bertz CT molecular complexity index is 346. The zero-order valence-electron chi connectivity index (χ0n) is 9.93. The number of rotatable bonds is 7. The molecule has 1 N–H and O–H groups in total. The monoisotopic (exact) mass is 342 g/mol. The van der Waals surface area contributed by atoms with Crippen molar-refractivity contribution >= 4 is 0 Å². The van der Waals surface area contributed by atoms with Gasteiger partial charge in [0.1, 0.15) is 0 Å². The highest BCUT2D eigenvalue weighted by atomic mass is 19.4. The highest BCUT2D eigenvalue weighted by Crippen LogP contribution is 2.58. The first-order chi connectivity index (χ1) is 9.06. The van der Waals surface area contributed by atoms with Crippen molar-refractivity contribution < 1.29 is 53.4 Å². The summed E-state index contributed by atoms with van der Waals surface area (Å²) in [6.45, 7) is -0.781. The van der Waals surface area contributed by atoms with Crippen LogP contribution in [0.15, 0.2) is 0 Å². The average Bonchev–Trinajstić information content (AvgIpc) is 2.26. The lowest BCUT2D eigenvalue weighted by Crippen LogP contribution is -2.66. The van der Waals surface area contributed by atoms with E-state index in [1.54, 1.807) is 0 Å². The van der Waals surface area contributed by atoms with Gasteiger partial charge < -0.3 is 5.11 Å². The highest BCUT2D eigenvalue weighted by molar-refractivity contribution is 5.06. The summed E-state index contributed by atoms with van der Waals surface area (Å²) >= 11 is 0. The molecule has 0 aliphatic carbocycles. The average molecular weight is 342 g/mol. The van der Waals surface area contributed by atoms with Crippen LogP contribution in [0.25, 0.3) is 0 Å². The number of hydrogen-bond donors (Lipinski definition) is 1. The molecule has 1 nitrogen and oxygen atoms in total. The first-order valence-corrected chi connectivity index (χ1v) is 5.25. The largest absolute Gasteiger partial charge is 0.460 e. The van der Waals surface area contributed by atoms with Crippen LogP contribution in [-0.2, 0) is 0 Å². The summed E-state index contributed by atoms with van der Waals surface area (Å²) in [5, 5.41) is 8.21. The molecule has 0 spiro atoms. The molecule has 0 unspecified atom stereocenters. The van der Waals surface area contributed by atoms with Gasteiger partial charge >= 0.3 is 29.9 Å². The van der Waals surface area contributed by atoms with E-state index < -0.39 is 55.7 Å². The standard InChI is InChI=1S/C9H9F11O/c10-5(11,3-1-2-4-21)6(12,13)7(14,15)8(16,17)9(18,19)20/h21H,1-4H2. The van der Waals surface area contributed by atoms with Crippen molar-refractivity contribution in [1.82, 2.24) is 0 Å². The quantitative estimate of drug-likeness (QED) is 0.542. The number of unbranched alkanes of at least 4 members (excludes halogenated alkanes) is 1. The Kier molecular flexibility index (Phi) is 5.54. The van der Waals surface area contributed by atoms with Crippen molar-refractivity contribution in [2.24, 2.45) is 0 Å². The van der Waals surface area contributed by atoms with Crippen molar-refractivity contribution in [3.8, 4) is 0 Å². The molecule has 0 aliphatic heterocycles. The van der Waals surface area contributed by atoms with Crippen molar-refractivity contribution in [3.63, 3.8) is 0 Å². The van der Waals surface area contributed by atoms with Gasteiger partial charge in [-0.3, -0.25) is 0 Å². The minimum atomic E-state index is -7.35. The van der Waals surface area contributed by atoms with Crippen molar-refractivity contribution in [2.75, 3.05) is 6.61 Å². The number of hydrogen-bond acceptors (Lipinski definition) is 1. The van der Waals surface area contributed by atoms with Crippen LogP contribution in [0.5, 0.6) is 0 Å². The van der Waals surface area contributed by atoms with E-state index in [0.717, 1.165) is 0 Å². The van der Waals surface area contributed by atoms with E-state index in [0.29, 0.717) is 0 Å². The summed E-state index contributed by atoms with van der Waals surface area (Å²) in [4.78, 5) is 0. The molecule has 12 heteroatoms. The Hall–Kier alpha value is -0.810. The lowest BCUT2D eigenvalue weighted by Gasteiger charge is -2.37. The van der Waals surface area contributed by atoms with Crippen LogP contribution in [0.1, 0.15) is 19.3 Å². The van der Waals surface area contributed by atoms with Crippen LogP contribution >= 0.6 is 0 Å². The van der Waals surface area contributed by atoms with Gasteiger partial charge in [-0.1, -0.05) is 0 Å². The summed E-state index contributed by atoms with van der Waals surface area (Å²) in [5.41, 5.74) is 0. The van der Waals surface area contributed by atoms with Gasteiger partial charge in [0.15, 0.2) is 0 Å². The normalized spacial score (nSPS) is 15.4. The van der Waals surface area contributed by atoms with Gasteiger partial charge in [0.05, 0.1) is 0 Å². The second kappa shape index (κ2) is 5.76. The Labute approximate surface area is 110 Å². The van der Waals surface area contributed by atoms with Crippen LogP contribution in [0.3, 0.4) is 0 Å². The van der Waals surface area contributed by atoms with Crippen LogP contribution < -0.4 is 0 Å². The van der Waals surface area contributed by atoms with Gasteiger partial charge in [-0.15, -0.1) is 0 Å².